The van der Waals surface area contributed by atoms with E-state index in [0.717, 1.165) is 11.0 Å². The summed E-state index contributed by atoms with van der Waals surface area (Å²) in [5, 5.41) is 0. The molecule has 0 radical (unpaired) electrons. The van der Waals surface area contributed by atoms with E-state index in [9.17, 15) is 0 Å². The molecule has 0 amide bonds. The lowest BCUT2D eigenvalue weighted by Crippen LogP contribution is -2.35. The van der Waals surface area contributed by atoms with Gasteiger partial charge in [-0.3, -0.25) is 0 Å². The molecule has 6 heteroatoms. The molecule has 0 saturated carbocycles. The van der Waals surface area contributed by atoms with Crippen molar-refractivity contribution in [3.05, 3.63) is 10.7 Å². The number of halogens is 1. The van der Waals surface area contributed by atoms with Crippen LogP contribution in [0.15, 0.2) is 10.7 Å². The molecule has 0 N–H and O–H groups in total. The second-order valence-electron chi connectivity index (χ2n) is 3.81. The summed E-state index contributed by atoms with van der Waals surface area (Å²) < 4.78 is 11.0. The molecule has 0 aliphatic carbocycles. The van der Waals surface area contributed by atoms with Crippen molar-refractivity contribution in [1.82, 2.24) is 9.97 Å². The summed E-state index contributed by atoms with van der Waals surface area (Å²) in [7, 11) is 3.27. The van der Waals surface area contributed by atoms with Crippen LogP contribution in [-0.2, 0) is 4.74 Å². The number of methoxy groups -OCH3 is 2. The Morgan fingerprint density at radius 1 is 1.41 bits per heavy atom. The highest BCUT2D eigenvalue weighted by molar-refractivity contribution is 9.10. The number of hydrogen-bond donors (Lipinski definition) is 0. The Kier molecular flexibility index (Phi) is 5.64. The lowest BCUT2D eigenvalue weighted by atomic mass is 10.3. The maximum absolute atomic E-state index is 5.16. The highest BCUT2D eigenvalue weighted by Gasteiger charge is 2.15. The van der Waals surface area contributed by atoms with Gasteiger partial charge in [0.2, 0.25) is 11.8 Å². The summed E-state index contributed by atoms with van der Waals surface area (Å²) in [6, 6.07) is 0.302. The zero-order valence-corrected chi connectivity index (χ0v) is 12.2. The van der Waals surface area contributed by atoms with E-state index in [1.165, 1.54) is 0 Å². The van der Waals surface area contributed by atoms with Gasteiger partial charge in [0.05, 0.1) is 24.4 Å². The Morgan fingerprint density at radius 2 is 2.12 bits per heavy atom. The minimum absolute atomic E-state index is 0.302. The first kappa shape index (κ1) is 14.2. The molecule has 1 aromatic rings. The Balaban J connectivity index is 2.93. The van der Waals surface area contributed by atoms with Gasteiger partial charge in [0.1, 0.15) is 0 Å². The summed E-state index contributed by atoms with van der Waals surface area (Å²) >= 11 is 3.34. The maximum Gasteiger partial charge on any atom is 0.232 e. The van der Waals surface area contributed by atoms with Crippen molar-refractivity contribution in [2.75, 3.05) is 32.3 Å². The second kappa shape index (κ2) is 6.76. The average Bonchev–Trinajstić information content (AvgIpc) is 2.31. The molecule has 0 bridgehead atoms. The lowest BCUT2D eigenvalue weighted by molar-refractivity contribution is 0.203. The van der Waals surface area contributed by atoms with Gasteiger partial charge in [-0.2, -0.15) is 4.98 Å². The van der Waals surface area contributed by atoms with E-state index in [1.807, 2.05) is 0 Å². The summed E-state index contributed by atoms with van der Waals surface area (Å²) in [4.78, 5) is 10.7. The van der Waals surface area contributed by atoms with Crippen LogP contribution in [0.3, 0.4) is 0 Å². The standard InChI is InChI=1S/C11H18BrN3O2/c1-8(2)15(5-6-16-3)11-13-7-9(12)10(14-11)17-4/h7-8H,5-6H2,1-4H3. The predicted molar refractivity (Wildman–Crippen MR) is 70.6 cm³/mol. The first-order valence-corrected chi connectivity index (χ1v) is 6.21. The number of anilines is 1. The molecule has 0 atom stereocenters. The number of aromatic nitrogens is 2. The average molecular weight is 304 g/mol. The summed E-state index contributed by atoms with van der Waals surface area (Å²) in [6.07, 6.45) is 1.70. The van der Waals surface area contributed by atoms with Gasteiger partial charge in [-0.15, -0.1) is 0 Å². The van der Waals surface area contributed by atoms with Crippen LogP contribution in [0.4, 0.5) is 5.95 Å². The Labute approximate surface area is 110 Å². The van der Waals surface area contributed by atoms with E-state index in [4.69, 9.17) is 9.47 Å². The van der Waals surface area contributed by atoms with Crippen LogP contribution in [0.25, 0.3) is 0 Å². The van der Waals surface area contributed by atoms with Gasteiger partial charge in [-0.1, -0.05) is 0 Å². The van der Waals surface area contributed by atoms with Gasteiger partial charge in [0.15, 0.2) is 0 Å². The lowest BCUT2D eigenvalue weighted by Gasteiger charge is -2.26. The van der Waals surface area contributed by atoms with Crippen molar-refractivity contribution in [3.8, 4) is 5.88 Å². The van der Waals surface area contributed by atoms with Crippen molar-refractivity contribution >= 4 is 21.9 Å². The van der Waals surface area contributed by atoms with Crippen molar-refractivity contribution in [3.63, 3.8) is 0 Å². The van der Waals surface area contributed by atoms with E-state index in [-0.39, 0.29) is 0 Å². The number of ether oxygens (including phenoxy) is 2. The molecule has 17 heavy (non-hydrogen) atoms. The molecule has 0 aliphatic heterocycles. The molecule has 1 rings (SSSR count). The smallest absolute Gasteiger partial charge is 0.232 e. The molecule has 0 saturated heterocycles. The largest absolute Gasteiger partial charge is 0.480 e. The minimum atomic E-state index is 0.302. The van der Waals surface area contributed by atoms with E-state index in [0.29, 0.717) is 24.5 Å². The van der Waals surface area contributed by atoms with E-state index in [2.05, 4.69) is 44.6 Å². The van der Waals surface area contributed by atoms with Crippen LogP contribution < -0.4 is 9.64 Å². The third kappa shape index (κ3) is 3.81. The maximum atomic E-state index is 5.16. The molecule has 1 heterocycles. The third-order valence-electron chi connectivity index (χ3n) is 2.31. The van der Waals surface area contributed by atoms with Gasteiger partial charge in [-0.25, -0.2) is 4.98 Å². The van der Waals surface area contributed by atoms with Crippen molar-refractivity contribution < 1.29 is 9.47 Å². The number of hydrogen-bond acceptors (Lipinski definition) is 5. The Morgan fingerprint density at radius 3 is 2.65 bits per heavy atom. The molecule has 96 valence electrons. The van der Waals surface area contributed by atoms with Crippen LogP contribution in [0.2, 0.25) is 0 Å². The monoisotopic (exact) mass is 303 g/mol. The quantitative estimate of drug-likeness (QED) is 0.805. The molecular formula is C11H18BrN3O2. The summed E-state index contributed by atoms with van der Waals surface area (Å²) in [6.45, 7) is 5.57. The molecule has 0 fully saturated rings. The van der Waals surface area contributed by atoms with Crippen LogP contribution in [0.5, 0.6) is 5.88 Å². The van der Waals surface area contributed by atoms with E-state index < -0.39 is 0 Å². The minimum Gasteiger partial charge on any atom is -0.480 e. The fourth-order valence-corrected chi connectivity index (χ4v) is 1.76. The van der Waals surface area contributed by atoms with Crippen molar-refractivity contribution in [2.45, 2.75) is 19.9 Å². The Hall–Kier alpha value is -0.880. The molecule has 5 nitrogen and oxygen atoms in total. The third-order valence-corrected chi connectivity index (χ3v) is 2.85. The zero-order chi connectivity index (χ0) is 12.8. The van der Waals surface area contributed by atoms with Crippen LogP contribution in [0.1, 0.15) is 13.8 Å². The van der Waals surface area contributed by atoms with Crippen molar-refractivity contribution in [1.29, 1.82) is 0 Å². The van der Waals surface area contributed by atoms with Gasteiger partial charge in [0.25, 0.3) is 0 Å². The highest BCUT2D eigenvalue weighted by atomic mass is 79.9. The van der Waals surface area contributed by atoms with Crippen molar-refractivity contribution in [2.24, 2.45) is 0 Å². The normalized spacial score (nSPS) is 10.7. The predicted octanol–water partition coefficient (Wildman–Crippen LogP) is 2.11. The Bertz CT molecular complexity index is 361. The second-order valence-corrected chi connectivity index (χ2v) is 4.66. The molecule has 0 aromatic carbocycles. The molecular weight excluding hydrogens is 286 g/mol. The van der Waals surface area contributed by atoms with Gasteiger partial charge in [-0.05, 0) is 29.8 Å². The first-order chi connectivity index (χ1) is 8.10. The first-order valence-electron chi connectivity index (χ1n) is 5.42. The van der Waals surface area contributed by atoms with Gasteiger partial charge < -0.3 is 14.4 Å². The summed E-state index contributed by atoms with van der Waals surface area (Å²) in [5.74, 6) is 1.19. The highest BCUT2D eigenvalue weighted by Crippen LogP contribution is 2.24. The summed E-state index contributed by atoms with van der Waals surface area (Å²) in [5.41, 5.74) is 0. The topological polar surface area (TPSA) is 47.5 Å². The molecule has 0 spiro atoms. The SMILES string of the molecule is COCCN(c1ncc(Br)c(OC)n1)C(C)C. The molecule has 1 aromatic heterocycles. The fraction of sp³-hybridized carbons (Fsp3) is 0.636. The fourth-order valence-electron chi connectivity index (χ4n) is 1.40. The number of nitrogens with zero attached hydrogens (tertiary/aromatic N) is 3. The number of rotatable bonds is 6. The zero-order valence-electron chi connectivity index (χ0n) is 10.6. The van der Waals surface area contributed by atoms with Crippen LogP contribution in [0, 0.1) is 0 Å². The van der Waals surface area contributed by atoms with Crippen LogP contribution >= 0.6 is 15.9 Å². The van der Waals surface area contributed by atoms with Crippen LogP contribution in [-0.4, -0.2) is 43.4 Å². The van der Waals surface area contributed by atoms with E-state index in [1.54, 1.807) is 20.4 Å². The molecule has 0 unspecified atom stereocenters. The van der Waals surface area contributed by atoms with E-state index >= 15 is 0 Å². The van der Waals surface area contributed by atoms with Gasteiger partial charge in [0, 0.05) is 19.7 Å². The van der Waals surface area contributed by atoms with Gasteiger partial charge >= 0.3 is 0 Å². The molecule has 0 aliphatic rings.